The lowest BCUT2D eigenvalue weighted by atomic mass is 9.94. The van der Waals surface area contributed by atoms with Crippen molar-refractivity contribution in [3.63, 3.8) is 0 Å². The Labute approximate surface area is 225 Å². The third kappa shape index (κ3) is 3.98. The molecule has 0 saturated carbocycles. The molecule has 3 heterocycles. The molecule has 0 spiro atoms. The topological polar surface area (TPSA) is 89.0 Å². The Morgan fingerprint density at radius 1 is 1.16 bits per heavy atom. The van der Waals surface area contributed by atoms with Crippen LogP contribution in [0.5, 0.6) is 11.5 Å². The van der Waals surface area contributed by atoms with E-state index in [0.717, 1.165) is 20.5 Å². The van der Waals surface area contributed by atoms with Gasteiger partial charge in [-0.3, -0.25) is 14.5 Å². The number of benzene rings is 3. The Hall–Kier alpha value is -3.69. The molecule has 0 radical (unpaired) electrons. The number of hydrogen-bond acceptors (Lipinski definition) is 7. The van der Waals surface area contributed by atoms with Gasteiger partial charge in [-0.15, -0.1) is 0 Å². The van der Waals surface area contributed by atoms with Crippen molar-refractivity contribution in [1.82, 2.24) is 4.98 Å². The molecule has 1 amide bonds. The van der Waals surface area contributed by atoms with E-state index in [1.54, 1.807) is 25.3 Å². The summed E-state index contributed by atoms with van der Waals surface area (Å²) in [5, 5.41) is 11.8. The lowest BCUT2D eigenvalue weighted by molar-refractivity contribution is -0.132. The fourth-order valence-electron chi connectivity index (χ4n) is 4.87. The van der Waals surface area contributed by atoms with Gasteiger partial charge in [0.2, 0.25) is 0 Å². The predicted molar refractivity (Wildman–Crippen MR) is 145 cm³/mol. The zero-order valence-corrected chi connectivity index (χ0v) is 22.3. The fraction of sp³-hybridized carbons (Fsp3) is 0.179. The van der Waals surface area contributed by atoms with Gasteiger partial charge in [-0.05, 0) is 66.6 Å². The molecular weight excluding hydrogens is 556 g/mol. The van der Waals surface area contributed by atoms with Crippen LogP contribution in [0.2, 0.25) is 0 Å². The van der Waals surface area contributed by atoms with Crippen LogP contribution in [0.15, 0.2) is 70.7 Å². The summed E-state index contributed by atoms with van der Waals surface area (Å²) < 4.78 is 12.7. The van der Waals surface area contributed by atoms with Crippen molar-refractivity contribution in [2.75, 3.05) is 12.0 Å². The van der Waals surface area contributed by atoms with Crippen LogP contribution in [0.25, 0.3) is 16.0 Å². The Bertz CT molecular complexity index is 1630. The van der Waals surface area contributed by atoms with Crippen LogP contribution in [0.4, 0.5) is 5.13 Å². The summed E-state index contributed by atoms with van der Waals surface area (Å²) in [6.45, 7) is 1.98. The van der Waals surface area contributed by atoms with E-state index < -0.39 is 17.7 Å². The van der Waals surface area contributed by atoms with Crippen LogP contribution in [0.1, 0.15) is 29.7 Å². The number of ketones is 1. The van der Waals surface area contributed by atoms with Crippen LogP contribution in [0.3, 0.4) is 0 Å². The number of rotatable bonds is 4. The minimum absolute atomic E-state index is 0.0202. The molecule has 1 saturated heterocycles. The van der Waals surface area contributed by atoms with E-state index >= 15 is 0 Å². The van der Waals surface area contributed by atoms with Gasteiger partial charge in [0.1, 0.15) is 23.4 Å². The number of aliphatic hydroxyl groups is 1. The SMILES string of the molecule is COc1ccc2nc(N3C(=O)C(=O)/C(=C(/O)c4ccc5c(c4)CC(C)O5)C3c3cccc(Br)c3)sc2c1. The van der Waals surface area contributed by atoms with E-state index in [0.29, 0.717) is 33.9 Å². The summed E-state index contributed by atoms with van der Waals surface area (Å²) in [5.74, 6) is -0.294. The number of aromatic nitrogens is 1. The zero-order chi connectivity index (χ0) is 25.8. The number of thiazole rings is 1. The molecule has 1 fully saturated rings. The smallest absolute Gasteiger partial charge is 0.301 e. The maximum atomic E-state index is 13.5. The quantitative estimate of drug-likeness (QED) is 0.181. The third-order valence-corrected chi connectivity index (χ3v) is 8.08. The van der Waals surface area contributed by atoms with E-state index in [-0.39, 0.29) is 17.4 Å². The molecule has 37 heavy (non-hydrogen) atoms. The van der Waals surface area contributed by atoms with Gasteiger partial charge in [-0.25, -0.2) is 4.98 Å². The van der Waals surface area contributed by atoms with Gasteiger partial charge in [0, 0.05) is 16.5 Å². The van der Waals surface area contributed by atoms with Crippen LogP contribution >= 0.6 is 27.3 Å². The van der Waals surface area contributed by atoms with Crippen LogP contribution in [-0.2, 0) is 16.0 Å². The molecule has 7 nitrogen and oxygen atoms in total. The van der Waals surface area contributed by atoms with Crippen molar-refractivity contribution in [3.05, 3.63) is 87.4 Å². The van der Waals surface area contributed by atoms with E-state index in [9.17, 15) is 14.7 Å². The molecule has 4 aromatic rings. The Balaban J connectivity index is 1.53. The van der Waals surface area contributed by atoms with E-state index in [4.69, 9.17) is 9.47 Å². The molecule has 0 bridgehead atoms. The highest BCUT2D eigenvalue weighted by atomic mass is 79.9. The van der Waals surface area contributed by atoms with Crippen LogP contribution in [-0.4, -0.2) is 35.0 Å². The lowest BCUT2D eigenvalue weighted by Crippen LogP contribution is -2.29. The number of aliphatic hydroxyl groups excluding tert-OH is 1. The van der Waals surface area contributed by atoms with Crippen LogP contribution < -0.4 is 14.4 Å². The Morgan fingerprint density at radius 2 is 2.00 bits per heavy atom. The van der Waals surface area contributed by atoms with E-state index in [1.165, 1.54) is 16.2 Å². The number of methoxy groups -OCH3 is 1. The minimum Gasteiger partial charge on any atom is -0.507 e. The van der Waals surface area contributed by atoms with Crippen molar-refractivity contribution < 1.29 is 24.2 Å². The highest BCUT2D eigenvalue weighted by Crippen LogP contribution is 2.45. The maximum absolute atomic E-state index is 13.5. The molecule has 9 heteroatoms. The van der Waals surface area contributed by atoms with Gasteiger partial charge in [0.25, 0.3) is 5.78 Å². The number of ether oxygens (including phenoxy) is 2. The third-order valence-electron chi connectivity index (χ3n) is 6.57. The zero-order valence-electron chi connectivity index (χ0n) is 19.9. The number of Topliss-reactive ketones (excluding diaryl/α,β-unsaturated/α-hetero) is 1. The molecule has 6 rings (SSSR count). The van der Waals surface area contributed by atoms with Crippen molar-refractivity contribution in [1.29, 1.82) is 0 Å². The molecular formula is C28H21BrN2O5S. The second kappa shape index (κ2) is 9.00. The summed E-state index contributed by atoms with van der Waals surface area (Å²) in [6.07, 6.45) is 0.743. The number of carbonyl (C=O) groups excluding carboxylic acids is 2. The standard InChI is InChI=1S/C28H21BrN2O5S/c1-14-10-17-11-16(6-9-21(17)36-14)25(32)23-24(15-4-3-5-18(29)12-15)31(27(34)26(23)33)28-30-20-8-7-19(35-2)13-22(20)37-28/h3-9,11-14,24,32H,10H2,1-2H3/b25-23+. The Kier molecular flexibility index (Phi) is 5.77. The summed E-state index contributed by atoms with van der Waals surface area (Å²) >= 11 is 4.78. The van der Waals surface area contributed by atoms with Gasteiger partial charge in [0.05, 0.1) is 28.9 Å². The number of anilines is 1. The summed E-state index contributed by atoms with van der Waals surface area (Å²) in [6, 6.07) is 17.3. The number of nitrogens with zero attached hydrogens (tertiary/aromatic N) is 2. The number of halogens is 1. The predicted octanol–water partition coefficient (Wildman–Crippen LogP) is 6.02. The van der Waals surface area contributed by atoms with Crippen molar-refractivity contribution >= 4 is 60.1 Å². The summed E-state index contributed by atoms with van der Waals surface area (Å²) in [5.41, 5.74) is 2.79. The average molecular weight is 577 g/mol. The number of hydrogen-bond donors (Lipinski definition) is 1. The summed E-state index contributed by atoms with van der Waals surface area (Å²) in [7, 11) is 1.58. The van der Waals surface area contributed by atoms with Gasteiger partial charge >= 0.3 is 5.91 Å². The molecule has 2 aliphatic rings. The minimum atomic E-state index is -0.858. The molecule has 2 aliphatic heterocycles. The molecule has 1 N–H and O–H groups in total. The second-order valence-electron chi connectivity index (χ2n) is 9.01. The molecule has 186 valence electrons. The molecule has 1 aromatic heterocycles. The van der Waals surface area contributed by atoms with Crippen LogP contribution in [0, 0.1) is 0 Å². The normalized spacial score (nSPS) is 20.4. The first-order valence-electron chi connectivity index (χ1n) is 11.6. The van der Waals surface area contributed by atoms with Gasteiger partial charge in [-0.2, -0.15) is 0 Å². The van der Waals surface area contributed by atoms with E-state index in [2.05, 4.69) is 20.9 Å². The lowest BCUT2D eigenvalue weighted by Gasteiger charge is -2.23. The van der Waals surface area contributed by atoms with Gasteiger partial charge < -0.3 is 14.6 Å². The fourth-order valence-corrected chi connectivity index (χ4v) is 6.31. The highest BCUT2D eigenvalue weighted by Gasteiger charge is 2.48. The molecule has 0 aliphatic carbocycles. The van der Waals surface area contributed by atoms with Gasteiger partial charge in [-0.1, -0.05) is 39.4 Å². The van der Waals surface area contributed by atoms with E-state index in [1.807, 2.05) is 49.4 Å². The van der Waals surface area contributed by atoms with Crippen molar-refractivity contribution in [3.8, 4) is 11.5 Å². The highest BCUT2D eigenvalue weighted by molar-refractivity contribution is 9.10. The largest absolute Gasteiger partial charge is 0.507 e. The van der Waals surface area contributed by atoms with Gasteiger partial charge in [0.15, 0.2) is 5.13 Å². The first-order valence-corrected chi connectivity index (χ1v) is 13.3. The first-order chi connectivity index (χ1) is 17.8. The monoisotopic (exact) mass is 576 g/mol. The molecule has 3 aromatic carbocycles. The number of amides is 1. The average Bonchev–Trinajstić information content (AvgIpc) is 3.55. The van der Waals surface area contributed by atoms with Crippen molar-refractivity contribution in [2.24, 2.45) is 0 Å². The van der Waals surface area contributed by atoms with Crippen molar-refractivity contribution in [2.45, 2.75) is 25.5 Å². The maximum Gasteiger partial charge on any atom is 0.301 e. The number of fused-ring (bicyclic) bond motifs is 2. The first kappa shape index (κ1) is 23.7. The molecule has 2 atom stereocenters. The number of carbonyl (C=O) groups is 2. The molecule has 2 unspecified atom stereocenters. The summed E-state index contributed by atoms with van der Waals surface area (Å²) in [4.78, 5) is 33.0. The Morgan fingerprint density at radius 3 is 2.78 bits per heavy atom. The second-order valence-corrected chi connectivity index (χ2v) is 10.9.